The molecule has 0 aromatic rings. The second kappa shape index (κ2) is 13.7. The fraction of sp³-hybridized carbons (Fsp3) is 0.917. The van der Waals surface area contributed by atoms with Crippen molar-refractivity contribution in [3.05, 3.63) is 0 Å². The van der Waals surface area contributed by atoms with Crippen LogP contribution in [-0.2, 0) is 9.59 Å². The molecule has 6 heteroatoms. The molecule has 2 amide bonds. The van der Waals surface area contributed by atoms with Crippen molar-refractivity contribution in [1.29, 1.82) is 0 Å². The van der Waals surface area contributed by atoms with Gasteiger partial charge in [-0.3, -0.25) is 14.9 Å². The first-order chi connectivity index (χ1) is 14.4. The molecule has 0 aromatic carbocycles. The van der Waals surface area contributed by atoms with Crippen LogP contribution in [0.15, 0.2) is 0 Å². The lowest BCUT2D eigenvalue weighted by molar-refractivity contribution is -0.130. The summed E-state index contributed by atoms with van der Waals surface area (Å²) in [4.78, 5) is 24.2. The maximum absolute atomic E-state index is 12.3. The van der Waals surface area contributed by atoms with Gasteiger partial charge in [0, 0.05) is 12.8 Å². The lowest BCUT2D eigenvalue weighted by Crippen LogP contribution is -2.34. The lowest BCUT2D eigenvalue weighted by atomic mass is 9.09. The Morgan fingerprint density at radius 3 is 1.50 bits per heavy atom. The van der Waals surface area contributed by atoms with E-state index in [-0.39, 0.29) is 17.1 Å². The van der Waals surface area contributed by atoms with E-state index in [1.165, 1.54) is 105 Å². The highest BCUT2D eigenvalue weighted by Crippen LogP contribution is 2.40. The van der Waals surface area contributed by atoms with E-state index < -0.39 is 0 Å². The standard InChI is InChI=1S/C24H46B3NO2/c1-23(17-12-8-4-3-5-9-13-18-23)25-27-26-24(2)19-14-10-6-7-11-15-21(29)28-22(30)16-20-24/h25-27H,3-20H2,1-2H3,(H,28,29,30). The summed E-state index contributed by atoms with van der Waals surface area (Å²) in [6, 6.07) is 0. The van der Waals surface area contributed by atoms with Crippen molar-refractivity contribution in [2.45, 2.75) is 140 Å². The summed E-state index contributed by atoms with van der Waals surface area (Å²) in [5, 5.41) is 3.37. The third-order valence-electron chi connectivity index (χ3n) is 8.04. The number of amides is 2. The molecule has 0 radical (unpaired) electrons. The van der Waals surface area contributed by atoms with Gasteiger partial charge in [-0.25, -0.2) is 0 Å². The molecule has 3 nitrogen and oxygen atoms in total. The molecule has 2 rings (SSSR count). The normalized spacial score (nSPS) is 28.1. The van der Waals surface area contributed by atoms with Crippen molar-refractivity contribution in [3.8, 4) is 0 Å². The van der Waals surface area contributed by atoms with E-state index in [1.54, 1.807) is 0 Å². The van der Waals surface area contributed by atoms with E-state index >= 15 is 0 Å². The average molecular weight is 413 g/mol. The molecule has 2 fully saturated rings. The van der Waals surface area contributed by atoms with Crippen LogP contribution in [0.2, 0.25) is 10.6 Å². The maximum Gasteiger partial charge on any atom is 0.226 e. The van der Waals surface area contributed by atoms with Gasteiger partial charge in [-0.1, -0.05) is 114 Å². The van der Waals surface area contributed by atoms with Crippen LogP contribution in [0.5, 0.6) is 0 Å². The Hall–Kier alpha value is -0.665. The minimum atomic E-state index is -0.0788. The molecule has 1 heterocycles. The average Bonchev–Trinajstić information content (AvgIpc) is 2.71. The lowest BCUT2D eigenvalue weighted by Gasteiger charge is -2.33. The van der Waals surface area contributed by atoms with Gasteiger partial charge in [-0.2, -0.15) is 0 Å². The van der Waals surface area contributed by atoms with E-state index in [2.05, 4.69) is 19.2 Å². The number of imide groups is 1. The summed E-state index contributed by atoms with van der Waals surface area (Å²) < 4.78 is 0. The third kappa shape index (κ3) is 10.6. The largest absolute Gasteiger partial charge is 0.296 e. The highest BCUT2D eigenvalue weighted by atomic mass is 16.2. The van der Waals surface area contributed by atoms with Gasteiger partial charge in [0.1, 0.15) is 0 Å². The molecule has 30 heavy (non-hydrogen) atoms. The van der Waals surface area contributed by atoms with Gasteiger partial charge in [0.25, 0.3) is 0 Å². The zero-order valence-corrected chi connectivity index (χ0v) is 20.2. The number of hydrogen-bond donors (Lipinski definition) is 1. The van der Waals surface area contributed by atoms with Gasteiger partial charge in [-0.15, -0.1) is 0 Å². The summed E-state index contributed by atoms with van der Waals surface area (Å²) in [5.41, 5.74) is 0. The van der Waals surface area contributed by atoms with Crippen LogP contribution < -0.4 is 5.32 Å². The Balaban J connectivity index is 1.87. The van der Waals surface area contributed by atoms with Crippen molar-refractivity contribution in [2.75, 3.05) is 0 Å². The predicted octanol–water partition coefficient (Wildman–Crippen LogP) is 5.17. The zero-order chi connectivity index (χ0) is 21.7. The number of rotatable bonds is 4. The molecule has 0 spiro atoms. The minimum absolute atomic E-state index is 0.0650. The van der Waals surface area contributed by atoms with Crippen LogP contribution in [0.25, 0.3) is 0 Å². The van der Waals surface area contributed by atoms with Crippen LogP contribution in [0, 0.1) is 0 Å². The van der Waals surface area contributed by atoms with Crippen LogP contribution in [0.4, 0.5) is 0 Å². The quantitative estimate of drug-likeness (QED) is 0.511. The van der Waals surface area contributed by atoms with Crippen LogP contribution >= 0.6 is 0 Å². The molecule has 168 valence electrons. The SMILES string of the molecule is CC1(BBBC2(C)CCCCCCCC(=O)NC(=O)CC2)CCCCCCCCC1. The topological polar surface area (TPSA) is 46.2 Å². The maximum atomic E-state index is 12.3. The highest BCUT2D eigenvalue weighted by molar-refractivity contribution is 7.30. The Morgan fingerprint density at radius 1 is 0.567 bits per heavy atom. The summed E-state index contributed by atoms with van der Waals surface area (Å²) in [6.45, 7) is 4.94. The van der Waals surface area contributed by atoms with Crippen LogP contribution in [0.1, 0.15) is 129 Å². The first kappa shape index (κ1) is 25.6. The number of carbonyl (C=O) groups excluding carboxylic acids is 2. The zero-order valence-electron chi connectivity index (χ0n) is 20.2. The number of hydrogen-bond acceptors (Lipinski definition) is 2. The summed E-state index contributed by atoms with van der Waals surface area (Å²) in [6.07, 6.45) is 21.7. The molecular formula is C24H46B3NO2. The summed E-state index contributed by atoms with van der Waals surface area (Å²) in [5.74, 6) is -0.144. The van der Waals surface area contributed by atoms with Gasteiger partial charge in [-0.05, 0) is 12.8 Å². The fourth-order valence-electron chi connectivity index (χ4n) is 5.74. The molecule has 1 N–H and O–H groups in total. The van der Waals surface area contributed by atoms with Crippen LogP contribution in [0.3, 0.4) is 0 Å². The second-order valence-electron chi connectivity index (χ2n) is 11.2. The Bertz CT molecular complexity index is 519. The molecule has 1 aliphatic carbocycles. The third-order valence-corrected chi connectivity index (χ3v) is 8.04. The van der Waals surface area contributed by atoms with E-state index in [0.717, 1.165) is 19.3 Å². The molecular weight excluding hydrogens is 367 g/mol. The van der Waals surface area contributed by atoms with Gasteiger partial charge in [0.05, 0.1) is 21.4 Å². The summed E-state index contributed by atoms with van der Waals surface area (Å²) in [7, 11) is 3.85. The van der Waals surface area contributed by atoms with Gasteiger partial charge in [0.2, 0.25) is 11.8 Å². The molecule has 1 saturated carbocycles. The van der Waals surface area contributed by atoms with Crippen molar-refractivity contribution < 1.29 is 9.59 Å². The highest BCUT2D eigenvalue weighted by Gasteiger charge is 2.30. The molecule has 1 unspecified atom stereocenters. The van der Waals surface area contributed by atoms with Gasteiger partial charge in [0.15, 0.2) is 0 Å². The molecule has 2 aliphatic rings. The molecule has 1 atom stereocenters. The monoisotopic (exact) mass is 413 g/mol. The van der Waals surface area contributed by atoms with E-state index in [0.29, 0.717) is 18.2 Å². The van der Waals surface area contributed by atoms with E-state index in [4.69, 9.17) is 0 Å². The van der Waals surface area contributed by atoms with Crippen LogP contribution in [-0.4, -0.2) is 33.2 Å². The first-order valence-electron chi connectivity index (χ1n) is 13.2. The van der Waals surface area contributed by atoms with Crippen molar-refractivity contribution >= 4 is 33.2 Å². The smallest absolute Gasteiger partial charge is 0.226 e. The number of carbonyl (C=O) groups is 2. The molecule has 0 bridgehead atoms. The molecule has 1 aliphatic heterocycles. The second-order valence-corrected chi connectivity index (χ2v) is 11.2. The fourth-order valence-corrected chi connectivity index (χ4v) is 5.74. The molecule has 1 saturated heterocycles. The minimum Gasteiger partial charge on any atom is -0.296 e. The first-order valence-corrected chi connectivity index (χ1v) is 13.2. The predicted molar refractivity (Wildman–Crippen MR) is 134 cm³/mol. The Morgan fingerprint density at radius 2 is 0.967 bits per heavy atom. The van der Waals surface area contributed by atoms with E-state index in [9.17, 15) is 9.59 Å². The number of nitrogens with one attached hydrogen (secondary N) is 1. The summed E-state index contributed by atoms with van der Waals surface area (Å²) >= 11 is 0. The van der Waals surface area contributed by atoms with Crippen molar-refractivity contribution in [2.24, 2.45) is 0 Å². The van der Waals surface area contributed by atoms with Crippen molar-refractivity contribution in [1.82, 2.24) is 5.32 Å². The van der Waals surface area contributed by atoms with Crippen molar-refractivity contribution in [3.63, 3.8) is 0 Å². The van der Waals surface area contributed by atoms with Gasteiger partial charge < -0.3 is 0 Å². The molecule has 0 aromatic heterocycles. The van der Waals surface area contributed by atoms with Gasteiger partial charge >= 0.3 is 0 Å². The Kier molecular flexibility index (Phi) is 11.7. The Labute approximate surface area is 188 Å². The van der Waals surface area contributed by atoms with E-state index in [1.807, 2.05) is 0 Å².